The zero-order valence-electron chi connectivity index (χ0n) is 24.2. The predicted molar refractivity (Wildman–Crippen MR) is 167 cm³/mol. The molecule has 10 heteroatoms. The first-order valence-corrected chi connectivity index (χ1v) is 14.3. The molecule has 5 rings (SSSR count). The van der Waals surface area contributed by atoms with Crippen LogP contribution in [-0.4, -0.2) is 51.6 Å². The molecule has 42 heavy (non-hydrogen) atoms. The van der Waals surface area contributed by atoms with Crippen molar-refractivity contribution < 1.29 is 13.9 Å². The lowest BCUT2D eigenvalue weighted by molar-refractivity contribution is 0.0355. The van der Waals surface area contributed by atoms with Crippen molar-refractivity contribution >= 4 is 34.5 Å². The number of allylic oxidation sites excluding steroid dienone is 3. The monoisotopic (exact) mass is 587 g/mol. The number of amides is 1. The minimum Gasteiger partial charge on any atom is -0.379 e. The van der Waals surface area contributed by atoms with Crippen LogP contribution in [0.4, 0.5) is 15.9 Å². The van der Waals surface area contributed by atoms with E-state index in [-0.39, 0.29) is 33.7 Å². The van der Waals surface area contributed by atoms with Crippen molar-refractivity contribution in [3.8, 4) is 11.3 Å². The molecule has 8 nitrogen and oxygen atoms in total. The molecule has 2 aromatic carbocycles. The molecule has 1 aliphatic heterocycles. The van der Waals surface area contributed by atoms with Gasteiger partial charge in [-0.25, -0.2) is 14.4 Å². The summed E-state index contributed by atoms with van der Waals surface area (Å²) in [5.74, 6) is -0.934. The van der Waals surface area contributed by atoms with Crippen LogP contribution in [0.25, 0.3) is 11.3 Å². The number of anilines is 2. The molecule has 0 atom stereocenters. The third-order valence-corrected chi connectivity index (χ3v) is 7.56. The average molecular weight is 588 g/mol. The van der Waals surface area contributed by atoms with E-state index in [0.717, 1.165) is 16.1 Å². The minimum atomic E-state index is -0.644. The summed E-state index contributed by atoms with van der Waals surface area (Å²) in [4.78, 5) is 32.0. The Balaban J connectivity index is 1.50. The molecule has 218 valence electrons. The van der Waals surface area contributed by atoms with Crippen LogP contribution in [0, 0.1) is 5.82 Å². The minimum absolute atomic E-state index is 0.0195. The molecule has 1 fully saturated rings. The molecule has 3 aromatic rings. The molecule has 2 heterocycles. The number of aromatic nitrogens is 2. The van der Waals surface area contributed by atoms with E-state index in [2.05, 4.69) is 26.1 Å². The highest BCUT2D eigenvalue weighted by molar-refractivity contribution is 7.80. The fourth-order valence-electron chi connectivity index (χ4n) is 4.85. The van der Waals surface area contributed by atoms with Crippen LogP contribution in [0.2, 0.25) is 0 Å². The Labute approximate surface area is 250 Å². The van der Waals surface area contributed by atoms with Gasteiger partial charge in [0, 0.05) is 48.7 Å². The number of hydrazine groups is 1. The maximum absolute atomic E-state index is 16.0. The van der Waals surface area contributed by atoms with Crippen molar-refractivity contribution in [2.45, 2.75) is 32.6 Å². The number of carbonyl (C=O) groups excluding carboxylic acids is 1. The molecule has 0 radical (unpaired) electrons. The van der Waals surface area contributed by atoms with E-state index >= 15 is 4.39 Å². The standard InChI is InChI=1S/C32H34FN5O3S/c1-32(2,3)22-10-8-21(9-11-22)30(39)35-26-7-5-6-25(28(26)33)27-20-36(4)31(40)29(34-27)38(37-16-18-41-19-17-37)23-12-14-24(42)15-13-23/h5-14,20H,15-19H2,1-4H3,(H,35,39). The summed E-state index contributed by atoms with van der Waals surface area (Å²) in [7, 11) is 1.61. The highest BCUT2D eigenvalue weighted by Crippen LogP contribution is 2.29. The van der Waals surface area contributed by atoms with E-state index in [1.54, 1.807) is 36.3 Å². The third-order valence-electron chi connectivity index (χ3n) is 7.26. The van der Waals surface area contributed by atoms with Crippen LogP contribution in [-0.2, 0) is 17.2 Å². The highest BCUT2D eigenvalue weighted by atomic mass is 32.1. The van der Waals surface area contributed by atoms with Gasteiger partial charge < -0.3 is 14.6 Å². The second-order valence-corrected chi connectivity index (χ2v) is 11.8. The fraction of sp³-hybridized carbons (Fsp3) is 0.312. The van der Waals surface area contributed by atoms with Crippen LogP contribution >= 0.6 is 12.2 Å². The van der Waals surface area contributed by atoms with Crippen molar-refractivity contribution in [1.82, 2.24) is 14.6 Å². The zero-order valence-corrected chi connectivity index (χ0v) is 25.0. The normalized spacial score (nSPS) is 15.8. The first-order valence-electron chi connectivity index (χ1n) is 13.8. The van der Waals surface area contributed by atoms with Gasteiger partial charge >= 0.3 is 0 Å². The number of thiocarbonyl (C=S) groups is 1. The average Bonchev–Trinajstić information content (AvgIpc) is 2.97. The molecule has 0 spiro atoms. The molecule has 0 unspecified atom stereocenters. The first-order chi connectivity index (χ1) is 20.0. The lowest BCUT2D eigenvalue weighted by Gasteiger charge is -2.38. The highest BCUT2D eigenvalue weighted by Gasteiger charge is 2.27. The maximum atomic E-state index is 16.0. The zero-order chi connectivity index (χ0) is 30.0. The molecular formula is C32H34FN5O3S. The molecule has 0 bridgehead atoms. The van der Waals surface area contributed by atoms with Gasteiger partial charge in [-0.05, 0) is 47.4 Å². The molecule has 0 saturated carbocycles. The lowest BCUT2D eigenvalue weighted by Crippen LogP contribution is -2.50. The van der Waals surface area contributed by atoms with Crippen LogP contribution in [0.3, 0.4) is 0 Å². The van der Waals surface area contributed by atoms with Gasteiger partial charge in [0.2, 0.25) is 5.82 Å². The summed E-state index contributed by atoms with van der Waals surface area (Å²) in [5, 5.41) is 6.47. The van der Waals surface area contributed by atoms with Crippen LogP contribution < -0.4 is 15.9 Å². The summed E-state index contributed by atoms with van der Waals surface area (Å²) >= 11 is 5.32. The van der Waals surface area contributed by atoms with Gasteiger partial charge in [0.1, 0.15) is 0 Å². The number of aryl methyl sites for hydroxylation is 1. The number of hydrogen-bond acceptors (Lipinski definition) is 7. The quantitative estimate of drug-likeness (QED) is 0.387. The summed E-state index contributed by atoms with van der Waals surface area (Å²) in [5.41, 5.74) is 2.31. The van der Waals surface area contributed by atoms with Crippen LogP contribution in [0.1, 0.15) is 43.1 Å². The molecule has 1 aromatic heterocycles. The summed E-state index contributed by atoms with van der Waals surface area (Å²) in [6.45, 7) is 8.40. The van der Waals surface area contributed by atoms with Crippen molar-refractivity contribution in [2.24, 2.45) is 7.05 Å². The summed E-state index contributed by atoms with van der Waals surface area (Å²) < 4.78 is 22.9. The number of benzene rings is 2. The Hall–Kier alpha value is -3.99. The van der Waals surface area contributed by atoms with E-state index in [9.17, 15) is 9.59 Å². The largest absolute Gasteiger partial charge is 0.379 e. The van der Waals surface area contributed by atoms with Gasteiger partial charge in [0.05, 0.1) is 30.3 Å². The van der Waals surface area contributed by atoms with Crippen molar-refractivity contribution in [1.29, 1.82) is 0 Å². The van der Waals surface area contributed by atoms with Gasteiger partial charge in [-0.3, -0.25) is 14.6 Å². The number of ether oxygens (including phenoxy) is 1. The molecule has 1 amide bonds. The number of morpholine rings is 1. The van der Waals surface area contributed by atoms with Crippen LogP contribution in [0.15, 0.2) is 77.4 Å². The molecule has 1 saturated heterocycles. The lowest BCUT2D eigenvalue weighted by atomic mass is 9.87. The number of rotatable bonds is 6. The second kappa shape index (κ2) is 12.1. The fourth-order valence-corrected chi connectivity index (χ4v) is 5.00. The van der Waals surface area contributed by atoms with Gasteiger partial charge in [-0.1, -0.05) is 57.3 Å². The van der Waals surface area contributed by atoms with Crippen molar-refractivity contribution in [3.05, 3.63) is 99.9 Å². The van der Waals surface area contributed by atoms with Crippen molar-refractivity contribution in [2.75, 3.05) is 36.6 Å². The number of halogens is 1. The van der Waals surface area contributed by atoms with Gasteiger partial charge in [-0.15, -0.1) is 0 Å². The van der Waals surface area contributed by atoms with Crippen molar-refractivity contribution in [3.63, 3.8) is 0 Å². The van der Waals surface area contributed by atoms with E-state index in [4.69, 9.17) is 21.9 Å². The Kier molecular flexibility index (Phi) is 8.49. The smallest absolute Gasteiger partial charge is 0.295 e. The summed E-state index contributed by atoms with van der Waals surface area (Å²) in [6.07, 6.45) is 7.72. The summed E-state index contributed by atoms with van der Waals surface area (Å²) in [6, 6.07) is 12.0. The molecule has 1 aliphatic carbocycles. The third kappa shape index (κ3) is 6.25. The van der Waals surface area contributed by atoms with Crippen LogP contribution in [0.5, 0.6) is 0 Å². The number of carbonyl (C=O) groups is 1. The number of nitrogens with zero attached hydrogens (tertiary/aromatic N) is 4. The molecule has 1 N–H and O–H groups in total. The van der Waals surface area contributed by atoms with E-state index in [0.29, 0.717) is 38.3 Å². The van der Waals surface area contributed by atoms with Gasteiger partial charge in [0.15, 0.2) is 5.82 Å². The first kappa shape index (κ1) is 29.5. The Morgan fingerprint density at radius 3 is 2.45 bits per heavy atom. The Morgan fingerprint density at radius 1 is 1.10 bits per heavy atom. The molecular weight excluding hydrogens is 553 g/mol. The van der Waals surface area contributed by atoms with E-state index in [1.165, 1.54) is 16.8 Å². The Bertz CT molecular complexity index is 1630. The van der Waals surface area contributed by atoms with Gasteiger partial charge in [0.25, 0.3) is 11.5 Å². The Morgan fingerprint density at radius 2 is 1.81 bits per heavy atom. The number of nitrogens with one attached hydrogen (secondary N) is 1. The number of hydrogen-bond donors (Lipinski definition) is 1. The van der Waals surface area contributed by atoms with E-state index in [1.807, 2.05) is 35.4 Å². The molecule has 2 aliphatic rings. The van der Waals surface area contributed by atoms with Gasteiger partial charge in [-0.2, -0.15) is 0 Å². The topological polar surface area (TPSA) is 79.7 Å². The SMILES string of the molecule is Cn1cc(-c2cccc(NC(=O)c3ccc(C(C)(C)C)cc3)c2F)nc(N(C2=CCC(=S)C=C2)N2CCOCC2)c1=O. The second-order valence-electron chi connectivity index (χ2n) is 11.3. The maximum Gasteiger partial charge on any atom is 0.295 e. The van der Waals surface area contributed by atoms with E-state index < -0.39 is 11.7 Å². The predicted octanol–water partition coefficient (Wildman–Crippen LogP) is 5.40.